The van der Waals surface area contributed by atoms with E-state index >= 15 is 0 Å². The number of methoxy groups -OCH3 is 2. The van der Waals surface area contributed by atoms with Gasteiger partial charge in [0.25, 0.3) is 0 Å². The van der Waals surface area contributed by atoms with Crippen LogP contribution in [-0.2, 0) is 19.1 Å². The normalized spacial score (nSPS) is 10.8. The van der Waals surface area contributed by atoms with Gasteiger partial charge in [0.05, 0.1) is 46.2 Å². The van der Waals surface area contributed by atoms with Gasteiger partial charge < -0.3 is 33.2 Å². The van der Waals surface area contributed by atoms with Crippen molar-refractivity contribution in [3.05, 3.63) is 138 Å². The lowest BCUT2D eigenvalue weighted by atomic mass is 10.1. The van der Waals surface area contributed by atoms with Gasteiger partial charge in [0, 0.05) is 23.3 Å². The lowest BCUT2D eigenvalue weighted by Crippen LogP contribution is -2.08. The SMILES string of the molecule is C=CC(=O)OCCCCOc1ccc(C=Cc2cc(OC)c(C=Cc3ccc(OC(=O)c4ccc(OCCCCOC(=O)C=C)cc4)cc3)cc2OC)cc1. The first-order chi connectivity index (χ1) is 26.8. The van der Waals surface area contributed by atoms with Crippen molar-refractivity contribution in [3.63, 3.8) is 0 Å². The van der Waals surface area contributed by atoms with Crippen molar-refractivity contribution >= 4 is 42.2 Å². The fourth-order valence-corrected chi connectivity index (χ4v) is 5.00. The van der Waals surface area contributed by atoms with Crippen LogP contribution in [0.2, 0.25) is 0 Å². The maximum Gasteiger partial charge on any atom is 0.343 e. The van der Waals surface area contributed by atoms with E-state index in [4.69, 9.17) is 33.2 Å². The Morgan fingerprint density at radius 2 is 0.927 bits per heavy atom. The minimum absolute atomic E-state index is 0.311. The summed E-state index contributed by atoms with van der Waals surface area (Å²) in [5.74, 6) is 1.82. The highest BCUT2D eigenvalue weighted by Gasteiger charge is 2.11. The third kappa shape index (κ3) is 14.1. The number of ether oxygens (including phenoxy) is 7. The number of unbranched alkanes of at least 4 members (excludes halogenated alkanes) is 2. The number of esters is 3. The van der Waals surface area contributed by atoms with Crippen molar-refractivity contribution in [2.75, 3.05) is 40.6 Å². The topological polar surface area (TPSA) is 116 Å². The van der Waals surface area contributed by atoms with Gasteiger partial charge in [-0.2, -0.15) is 0 Å². The molecule has 0 saturated carbocycles. The summed E-state index contributed by atoms with van der Waals surface area (Å²) in [7, 11) is 3.25. The van der Waals surface area contributed by atoms with Crippen molar-refractivity contribution in [2.45, 2.75) is 25.7 Å². The zero-order valence-electron chi connectivity index (χ0n) is 31.2. The largest absolute Gasteiger partial charge is 0.496 e. The molecule has 0 unspecified atom stereocenters. The summed E-state index contributed by atoms with van der Waals surface area (Å²) >= 11 is 0. The van der Waals surface area contributed by atoms with Crippen LogP contribution in [0, 0.1) is 0 Å². The van der Waals surface area contributed by atoms with Crippen LogP contribution in [0.3, 0.4) is 0 Å². The first kappa shape index (κ1) is 41.2. The third-order valence-electron chi connectivity index (χ3n) is 7.99. The van der Waals surface area contributed by atoms with Crippen molar-refractivity contribution in [1.82, 2.24) is 0 Å². The van der Waals surface area contributed by atoms with Gasteiger partial charge in [0.2, 0.25) is 0 Å². The average Bonchev–Trinajstić information content (AvgIpc) is 3.22. The minimum Gasteiger partial charge on any atom is -0.496 e. The maximum atomic E-state index is 12.7. The van der Waals surface area contributed by atoms with Gasteiger partial charge in [-0.15, -0.1) is 0 Å². The van der Waals surface area contributed by atoms with E-state index in [1.807, 2.05) is 72.8 Å². The first-order valence-corrected chi connectivity index (χ1v) is 17.8. The molecule has 4 rings (SSSR count). The Bertz CT molecular complexity index is 1920. The molecule has 4 aromatic carbocycles. The van der Waals surface area contributed by atoms with Crippen molar-refractivity contribution in [3.8, 4) is 28.7 Å². The molecule has 0 heterocycles. The van der Waals surface area contributed by atoms with E-state index in [2.05, 4.69) is 13.2 Å². The molecule has 4 aromatic rings. The molecule has 0 amide bonds. The molecule has 10 heteroatoms. The zero-order valence-corrected chi connectivity index (χ0v) is 31.2. The Morgan fingerprint density at radius 1 is 0.527 bits per heavy atom. The van der Waals surface area contributed by atoms with Crippen LogP contribution in [0.4, 0.5) is 0 Å². The molecule has 0 spiro atoms. The number of rotatable bonds is 22. The van der Waals surface area contributed by atoms with E-state index in [0.717, 1.165) is 46.6 Å². The smallest absolute Gasteiger partial charge is 0.343 e. The van der Waals surface area contributed by atoms with Crippen LogP contribution in [0.5, 0.6) is 28.7 Å². The van der Waals surface area contributed by atoms with Crippen LogP contribution in [0.25, 0.3) is 24.3 Å². The predicted octanol–water partition coefficient (Wildman–Crippen LogP) is 9.04. The summed E-state index contributed by atoms with van der Waals surface area (Å²) in [6, 6.07) is 25.5. The van der Waals surface area contributed by atoms with Gasteiger partial charge in [0.15, 0.2) is 0 Å². The fourth-order valence-electron chi connectivity index (χ4n) is 5.00. The Balaban J connectivity index is 1.27. The molecule has 0 fully saturated rings. The van der Waals surface area contributed by atoms with Gasteiger partial charge in [-0.05, 0) is 97.5 Å². The molecular formula is C45H46O10. The molecule has 0 aromatic heterocycles. The molecule has 0 atom stereocenters. The van der Waals surface area contributed by atoms with Crippen molar-refractivity contribution < 1.29 is 47.5 Å². The van der Waals surface area contributed by atoms with Crippen LogP contribution in [0.1, 0.15) is 58.3 Å². The predicted molar refractivity (Wildman–Crippen MR) is 213 cm³/mol. The molecule has 0 saturated heterocycles. The number of carbonyl (C=O) groups excluding carboxylic acids is 3. The van der Waals surface area contributed by atoms with Gasteiger partial charge >= 0.3 is 17.9 Å². The summed E-state index contributed by atoms with van der Waals surface area (Å²) in [6.45, 7) is 8.37. The molecule has 55 heavy (non-hydrogen) atoms. The number of hydrogen-bond acceptors (Lipinski definition) is 10. The van der Waals surface area contributed by atoms with Gasteiger partial charge in [0.1, 0.15) is 28.7 Å². The molecular weight excluding hydrogens is 700 g/mol. The Morgan fingerprint density at radius 3 is 1.35 bits per heavy atom. The number of carbonyl (C=O) groups is 3. The Hall–Kier alpha value is -6.55. The molecule has 0 aliphatic rings. The molecule has 0 aliphatic heterocycles. The van der Waals surface area contributed by atoms with Crippen LogP contribution in [-0.4, -0.2) is 58.6 Å². The number of benzene rings is 4. The van der Waals surface area contributed by atoms with Crippen molar-refractivity contribution in [1.29, 1.82) is 0 Å². The average molecular weight is 747 g/mol. The summed E-state index contributed by atoms with van der Waals surface area (Å²) in [5.41, 5.74) is 3.95. The molecule has 0 aliphatic carbocycles. The molecule has 286 valence electrons. The van der Waals surface area contributed by atoms with Crippen LogP contribution in [0.15, 0.2) is 110 Å². The highest BCUT2D eigenvalue weighted by atomic mass is 16.5. The van der Waals surface area contributed by atoms with E-state index in [1.54, 1.807) is 50.6 Å². The summed E-state index contributed by atoms with van der Waals surface area (Å²) in [5, 5.41) is 0. The van der Waals surface area contributed by atoms with Gasteiger partial charge in [-0.25, -0.2) is 14.4 Å². The quantitative estimate of drug-likeness (QED) is 0.0254. The van der Waals surface area contributed by atoms with Crippen LogP contribution >= 0.6 is 0 Å². The summed E-state index contributed by atoms with van der Waals surface area (Å²) in [4.78, 5) is 34.9. The molecule has 0 N–H and O–H groups in total. The molecule has 0 bridgehead atoms. The standard InChI is InChI=1S/C45H46O10/c1-5-43(46)53-29-9-7-27-51-38-21-13-33(14-22-38)11-17-36-31-42(50-4)37(32-41(36)49-3)18-12-34-15-23-40(24-16-34)55-45(48)35-19-25-39(26-20-35)52-28-8-10-30-54-44(47)6-2/h5-6,11-26,31-32H,1-2,7-10,27-30H2,3-4H3. The lowest BCUT2D eigenvalue weighted by Gasteiger charge is -2.11. The van der Waals surface area contributed by atoms with E-state index < -0.39 is 17.9 Å². The summed E-state index contributed by atoms with van der Waals surface area (Å²) < 4.78 is 38.4. The summed E-state index contributed by atoms with van der Waals surface area (Å²) in [6.07, 6.45) is 13.0. The van der Waals surface area contributed by atoms with E-state index in [9.17, 15) is 14.4 Å². The van der Waals surface area contributed by atoms with Gasteiger partial charge in [-0.3, -0.25) is 0 Å². The number of hydrogen-bond donors (Lipinski definition) is 0. The van der Waals surface area contributed by atoms with E-state index in [0.29, 0.717) is 74.3 Å². The second-order valence-electron chi connectivity index (χ2n) is 11.9. The maximum absolute atomic E-state index is 12.7. The van der Waals surface area contributed by atoms with Gasteiger partial charge in [-0.1, -0.05) is 61.7 Å². The van der Waals surface area contributed by atoms with Crippen molar-refractivity contribution in [2.24, 2.45) is 0 Å². The third-order valence-corrected chi connectivity index (χ3v) is 7.99. The first-order valence-electron chi connectivity index (χ1n) is 17.8. The molecule has 10 nitrogen and oxygen atoms in total. The highest BCUT2D eigenvalue weighted by Crippen LogP contribution is 2.32. The zero-order chi connectivity index (χ0) is 39.3. The lowest BCUT2D eigenvalue weighted by molar-refractivity contribution is -0.138. The van der Waals surface area contributed by atoms with Crippen LogP contribution < -0.4 is 23.7 Å². The minimum atomic E-state index is -0.482. The Kier molecular flexibility index (Phi) is 16.9. The monoisotopic (exact) mass is 746 g/mol. The fraction of sp³-hybridized carbons (Fsp3) is 0.222. The second kappa shape index (κ2) is 22.5. The Labute approximate surface area is 322 Å². The van der Waals surface area contributed by atoms with E-state index in [-0.39, 0.29) is 0 Å². The van der Waals surface area contributed by atoms with E-state index in [1.165, 1.54) is 0 Å². The highest BCUT2D eigenvalue weighted by molar-refractivity contribution is 5.91. The molecule has 0 radical (unpaired) electrons. The second-order valence-corrected chi connectivity index (χ2v) is 11.9.